The van der Waals surface area contributed by atoms with E-state index in [1.807, 2.05) is 13.8 Å². The zero-order valence-corrected chi connectivity index (χ0v) is 9.60. The van der Waals surface area contributed by atoms with Gasteiger partial charge >= 0.3 is 6.09 Å². The van der Waals surface area contributed by atoms with E-state index in [1.165, 1.54) is 0 Å². The predicted octanol–water partition coefficient (Wildman–Crippen LogP) is 1.38. The van der Waals surface area contributed by atoms with Gasteiger partial charge in [-0.05, 0) is 26.8 Å². The molecule has 0 atom stereocenters. The molecule has 84 valence electrons. The van der Waals surface area contributed by atoms with E-state index in [0.29, 0.717) is 13.1 Å². The van der Waals surface area contributed by atoms with E-state index < -0.39 is 0 Å². The van der Waals surface area contributed by atoms with E-state index in [4.69, 9.17) is 10.5 Å². The Morgan fingerprint density at radius 3 is 2.71 bits per heavy atom. The van der Waals surface area contributed by atoms with Crippen molar-refractivity contribution in [2.45, 2.75) is 32.3 Å². The zero-order chi connectivity index (χ0) is 9.90. The zero-order valence-electron chi connectivity index (χ0n) is 8.78. The standard InChI is InChI=1S/C9H18N2O2.ClH/c1-9(2)4-7-11(6-3-5-10)8(12)13-9;/h3-7,10H2,1-2H3;1H. The lowest BCUT2D eigenvalue weighted by molar-refractivity contribution is -0.0253. The molecule has 14 heavy (non-hydrogen) atoms. The summed E-state index contributed by atoms with van der Waals surface area (Å²) in [5.74, 6) is 0. The number of nitrogens with two attached hydrogens (primary N) is 1. The van der Waals surface area contributed by atoms with Crippen molar-refractivity contribution in [1.29, 1.82) is 0 Å². The largest absolute Gasteiger partial charge is 0.443 e. The Labute approximate surface area is 91.2 Å². The minimum atomic E-state index is -0.295. The SMILES string of the molecule is CC1(C)CCN(CCCN)C(=O)O1.Cl. The monoisotopic (exact) mass is 222 g/mol. The van der Waals surface area contributed by atoms with Gasteiger partial charge in [0.1, 0.15) is 5.60 Å². The highest BCUT2D eigenvalue weighted by molar-refractivity contribution is 5.85. The molecule has 0 aromatic carbocycles. The normalized spacial score (nSPS) is 19.9. The second-order valence-electron chi connectivity index (χ2n) is 4.01. The van der Waals surface area contributed by atoms with E-state index in [0.717, 1.165) is 19.4 Å². The van der Waals surface area contributed by atoms with Crippen molar-refractivity contribution in [2.75, 3.05) is 19.6 Å². The summed E-state index contributed by atoms with van der Waals surface area (Å²) in [4.78, 5) is 13.1. The third kappa shape index (κ3) is 3.72. The lowest BCUT2D eigenvalue weighted by Gasteiger charge is -2.36. The highest BCUT2D eigenvalue weighted by Gasteiger charge is 2.31. The molecule has 1 fully saturated rings. The summed E-state index contributed by atoms with van der Waals surface area (Å²) >= 11 is 0. The van der Waals surface area contributed by atoms with Crippen molar-refractivity contribution >= 4 is 18.5 Å². The van der Waals surface area contributed by atoms with Gasteiger partial charge in [-0.15, -0.1) is 12.4 Å². The molecule has 1 amide bonds. The molecule has 1 aliphatic heterocycles. The number of hydrogen-bond donors (Lipinski definition) is 1. The van der Waals surface area contributed by atoms with Crippen LogP contribution >= 0.6 is 12.4 Å². The number of carbonyl (C=O) groups excluding carboxylic acids is 1. The molecule has 0 radical (unpaired) electrons. The maximum absolute atomic E-state index is 11.4. The number of nitrogens with zero attached hydrogens (tertiary/aromatic N) is 1. The van der Waals surface area contributed by atoms with Crippen molar-refractivity contribution in [3.05, 3.63) is 0 Å². The Morgan fingerprint density at radius 1 is 1.57 bits per heavy atom. The highest BCUT2D eigenvalue weighted by Crippen LogP contribution is 2.21. The molecule has 2 N–H and O–H groups in total. The van der Waals surface area contributed by atoms with Crippen molar-refractivity contribution < 1.29 is 9.53 Å². The second kappa shape index (κ2) is 5.41. The lowest BCUT2D eigenvalue weighted by Crippen LogP contribution is -2.47. The van der Waals surface area contributed by atoms with E-state index in [1.54, 1.807) is 4.90 Å². The Kier molecular flexibility index (Phi) is 5.23. The fraction of sp³-hybridized carbons (Fsp3) is 0.889. The molecule has 1 saturated heterocycles. The van der Waals surface area contributed by atoms with Crippen molar-refractivity contribution in [1.82, 2.24) is 4.90 Å². The van der Waals surface area contributed by atoms with Crippen LogP contribution < -0.4 is 5.73 Å². The molecule has 5 heteroatoms. The molecule has 0 saturated carbocycles. The molecule has 0 spiro atoms. The highest BCUT2D eigenvalue weighted by atomic mass is 35.5. The Morgan fingerprint density at radius 2 is 2.21 bits per heavy atom. The lowest BCUT2D eigenvalue weighted by atomic mass is 10.0. The first-order valence-electron chi connectivity index (χ1n) is 4.73. The first-order chi connectivity index (χ1) is 6.05. The fourth-order valence-electron chi connectivity index (χ4n) is 1.33. The van der Waals surface area contributed by atoms with Gasteiger partial charge in [-0.2, -0.15) is 0 Å². The summed E-state index contributed by atoms with van der Waals surface area (Å²) in [5, 5.41) is 0. The molecule has 1 rings (SSSR count). The van der Waals surface area contributed by atoms with E-state index in [-0.39, 0.29) is 24.1 Å². The van der Waals surface area contributed by atoms with Crippen LogP contribution in [0, 0.1) is 0 Å². The summed E-state index contributed by atoms with van der Waals surface area (Å²) < 4.78 is 5.23. The Balaban J connectivity index is 0.00000169. The molecule has 0 unspecified atom stereocenters. The van der Waals surface area contributed by atoms with Gasteiger partial charge in [0.2, 0.25) is 0 Å². The first-order valence-corrected chi connectivity index (χ1v) is 4.73. The Bertz CT molecular complexity index is 197. The molecule has 0 aromatic rings. The number of halogens is 1. The van der Waals surface area contributed by atoms with Gasteiger partial charge in [-0.1, -0.05) is 0 Å². The molecule has 0 bridgehead atoms. The first kappa shape index (κ1) is 13.5. The average molecular weight is 223 g/mol. The van der Waals surface area contributed by atoms with E-state index >= 15 is 0 Å². The van der Waals surface area contributed by atoms with Crippen LogP contribution in [0.4, 0.5) is 4.79 Å². The number of ether oxygens (including phenoxy) is 1. The smallest absolute Gasteiger partial charge is 0.410 e. The van der Waals surface area contributed by atoms with Crippen LogP contribution in [-0.4, -0.2) is 36.2 Å². The maximum atomic E-state index is 11.4. The third-order valence-corrected chi connectivity index (χ3v) is 2.24. The molecular formula is C9H19ClN2O2. The molecular weight excluding hydrogens is 204 g/mol. The topological polar surface area (TPSA) is 55.6 Å². The number of cyclic esters (lactones) is 1. The predicted molar refractivity (Wildman–Crippen MR) is 57.7 cm³/mol. The molecule has 1 aliphatic rings. The number of hydrogen-bond acceptors (Lipinski definition) is 3. The van der Waals surface area contributed by atoms with Gasteiger partial charge in [0, 0.05) is 19.5 Å². The van der Waals surface area contributed by atoms with Crippen LogP contribution in [0.5, 0.6) is 0 Å². The van der Waals surface area contributed by atoms with Crippen molar-refractivity contribution in [3.8, 4) is 0 Å². The van der Waals surface area contributed by atoms with Gasteiger partial charge in [0.05, 0.1) is 0 Å². The van der Waals surface area contributed by atoms with Gasteiger partial charge in [0.25, 0.3) is 0 Å². The molecule has 0 aromatic heterocycles. The summed E-state index contributed by atoms with van der Waals surface area (Å²) in [5.41, 5.74) is 5.07. The van der Waals surface area contributed by atoms with Gasteiger partial charge in [-0.25, -0.2) is 4.79 Å². The average Bonchev–Trinajstić information content (AvgIpc) is 2.02. The number of rotatable bonds is 3. The summed E-state index contributed by atoms with van der Waals surface area (Å²) in [6.07, 6.45) is 1.53. The summed E-state index contributed by atoms with van der Waals surface area (Å²) in [7, 11) is 0. The van der Waals surface area contributed by atoms with Gasteiger partial charge < -0.3 is 15.4 Å². The maximum Gasteiger partial charge on any atom is 0.410 e. The van der Waals surface area contributed by atoms with Crippen LogP contribution in [0.15, 0.2) is 0 Å². The number of amides is 1. The summed E-state index contributed by atoms with van der Waals surface area (Å²) in [6, 6.07) is 0. The van der Waals surface area contributed by atoms with Crippen LogP contribution in [0.25, 0.3) is 0 Å². The van der Waals surface area contributed by atoms with Crippen LogP contribution in [0.3, 0.4) is 0 Å². The van der Waals surface area contributed by atoms with Crippen molar-refractivity contribution in [2.24, 2.45) is 5.73 Å². The van der Waals surface area contributed by atoms with E-state index in [9.17, 15) is 4.79 Å². The minimum Gasteiger partial charge on any atom is -0.443 e. The Hall–Kier alpha value is -0.480. The molecule has 4 nitrogen and oxygen atoms in total. The van der Waals surface area contributed by atoms with E-state index in [2.05, 4.69) is 0 Å². The third-order valence-electron chi connectivity index (χ3n) is 2.24. The van der Waals surface area contributed by atoms with Crippen LogP contribution in [-0.2, 0) is 4.74 Å². The number of carbonyl (C=O) groups is 1. The minimum absolute atomic E-state index is 0. The van der Waals surface area contributed by atoms with Crippen LogP contribution in [0.1, 0.15) is 26.7 Å². The van der Waals surface area contributed by atoms with Crippen LogP contribution in [0.2, 0.25) is 0 Å². The quantitative estimate of drug-likeness (QED) is 0.785. The van der Waals surface area contributed by atoms with Gasteiger partial charge in [0.15, 0.2) is 0 Å². The van der Waals surface area contributed by atoms with Gasteiger partial charge in [-0.3, -0.25) is 0 Å². The molecule has 0 aliphatic carbocycles. The second-order valence-corrected chi connectivity index (χ2v) is 4.01. The summed E-state index contributed by atoms with van der Waals surface area (Å²) in [6.45, 7) is 5.99. The molecule has 1 heterocycles. The van der Waals surface area contributed by atoms with Crippen molar-refractivity contribution in [3.63, 3.8) is 0 Å². The fourth-order valence-corrected chi connectivity index (χ4v) is 1.33.